The second-order valence-corrected chi connectivity index (χ2v) is 7.67. The van der Waals surface area contributed by atoms with E-state index in [0.717, 1.165) is 17.3 Å². The van der Waals surface area contributed by atoms with E-state index in [-0.39, 0.29) is 24.6 Å². The molecular formula is C14H12BrI2NO5. The summed E-state index contributed by atoms with van der Waals surface area (Å²) in [5, 5.41) is 0. The number of methoxy groups -OCH3 is 2. The van der Waals surface area contributed by atoms with Crippen molar-refractivity contribution in [2.75, 3.05) is 32.5 Å². The van der Waals surface area contributed by atoms with Crippen molar-refractivity contribution < 1.29 is 23.8 Å². The predicted molar refractivity (Wildman–Crippen MR) is 104 cm³/mol. The Bertz CT molecular complexity index is 669. The van der Waals surface area contributed by atoms with Crippen LogP contribution in [-0.4, -0.2) is 39.5 Å². The van der Waals surface area contributed by atoms with Crippen LogP contribution in [0.5, 0.6) is 0 Å². The molecule has 0 saturated heterocycles. The van der Waals surface area contributed by atoms with Crippen molar-refractivity contribution in [1.82, 2.24) is 0 Å². The molecule has 0 unspecified atom stereocenters. The third-order valence-electron chi connectivity index (χ3n) is 3.08. The minimum absolute atomic E-state index is 0.00269. The molecule has 0 atom stereocenters. The largest absolute Gasteiger partial charge is 0.466 e. The van der Waals surface area contributed by atoms with Gasteiger partial charge < -0.3 is 19.1 Å². The molecule has 2 rings (SSSR count). The van der Waals surface area contributed by atoms with Gasteiger partial charge in [-0.05, 0) is 57.3 Å². The Hall–Kier alpha value is -0.400. The van der Waals surface area contributed by atoms with Crippen molar-refractivity contribution in [2.45, 2.75) is 0 Å². The van der Waals surface area contributed by atoms with Crippen molar-refractivity contribution in [3.63, 3.8) is 0 Å². The summed E-state index contributed by atoms with van der Waals surface area (Å²) in [6.07, 6.45) is 0. The lowest BCUT2D eigenvalue weighted by atomic mass is 10.1. The summed E-state index contributed by atoms with van der Waals surface area (Å²) in [5.41, 5.74) is 1.06. The number of hydrogen-bond acceptors (Lipinski definition) is 6. The monoisotopic (exact) mass is 607 g/mol. The van der Waals surface area contributed by atoms with Gasteiger partial charge in [0.05, 0.1) is 32.1 Å². The number of hydrogen-bond donors (Lipinski definition) is 0. The van der Waals surface area contributed by atoms with Crippen molar-refractivity contribution >= 4 is 78.7 Å². The number of esters is 2. The molecule has 1 aromatic rings. The van der Waals surface area contributed by atoms with E-state index in [0.29, 0.717) is 0 Å². The number of carbonyl (C=O) groups excluding carboxylic acids is 2. The summed E-state index contributed by atoms with van der Waals surface area (Å²) in [5.74, 6) is -1.22. The molecule has 0 spiro atoms. The lowest BCUT2D eigenvalue weighted by Crippen LogP contribution is -2.39. The van der Waals surface area contributed by atoms with E-state index >= 15 is 0 Å². The molecule has 6 nitrogen and oxygen atoms in total. The zero-order valence-corrected chi connectivity index (χ0v) is 18.1. The highest BCUT2D eigenvalue weighted by atomic mass is 127. The maximum absolute atomic E-state index is 12.3. The van der Waals surface area contributed by atoms with E-state index < -0.39 is 11.9 Å². The van der Waals surface area contributed by atoms with Crippen LogP contribution in [0.2, 0.25) is 0 Å². The molecule has 0 aliphatic carbocycles. The van der Waals surface area contributed by atoms with Gasteiger partial charge in [0.25, 0.3) is 0 Å². The molecule has 1 aromatic carbocycles. The molecule has 0 radical (unpaired) electrons. The fourth-order valence-electron chi connectivity index (χ4n) is 2.11. The van der Waals surface area contributed by atoms with Crippen LogP contribution < -0.4 is 4.90 Å². The Balaban J connectivity index is 2.65. The first-order valence-corrected chi connectivity index (χ1v) is 9.25. The standard InChI is InChI=1S/C14H12BrI2NO5/c1-21-13(19)8-5-23-6-18(11(8)14(20)22-2)12-9(16)3-7(15)4-10(12)17/h3-4H,5-6H2,1-2H3. The molecule has 0 bridgehead atoms. The molecule has 0 amide bonds. The minimum Gasteiger partial charge on any atom is -0.466 e. The Labute approximate surface area is 168 Å². The molecule has 124 valence electrons. The van der Waals surface area contributed by atoms with Crippen LogP contribution in [0.1, 0.15) is 0 Å². The normalized spacial score (nSPS) is 14.7. The third kappa shape index (κ3) is 3.99. The first-order chi connectivity index (χ1) is 10.9. The Kier molecular flexibility index (Phi) is 6.68. The first-order valence-electron chi connectivity index (χ1n) is 6.30. The van der Waals surface area contributed by atoms with Crippen molar-refractivity contribution in [3.05, 3.63) is 35.0 Å². The van der Waals surface area contributed by atoms with E-state index in [2.05, 4.69) is 61.1 Å². The second kappa shape index (κ2) is 8.12. The zero-order valence-electron chi connectivity index (χ0n) is 12.2. The number of halogens is 3. The van der Waals surface area contributed by atoms with Gasteiger partial charge in [-0.15, -0.1) is 0 Å². The minimum atomic E-state index is -0.614. The summed E-state index contributed by atoms with van der Waals surface area (Å²) < 4.78 is 17.8. The van der Waals surface area contributed by atoms with Gasteiger partial charge in [0.15, 0.2) is 0 Å². The average Bonchev–Trinajstić information content (AvgIpc) is 2.52. The summed E-state index contributed by atoms with van der Waals surface area (Å²) in [6, 6.07) is 3.83. The van der Waals surface area contributed by atoms with Gasteiger partial charge in [0, 0.05) is 11.6 Å². The Morgan fingerprint density at radius 3 is 2.26 bits per heavy atom. The maximum atomic E-state index is 12.3. The molecule has 0 saturated carbocycles. The summed E-state index contributed by atoms with van der Waals surface area (Å²) in [6.45, 7) is 0.135. The highest BCUT2D eigenvalue weighted by Crippen LogP contribution is 2.36. The van der Waals surface area contributed by atoms with Gasteiger partial charge >= 0.3 is 11.9 Å². The summed E-state index contributed by atoms with van der Waals surface area (Å²) in [7, 11) is 2.53. The summed E-state index contributed by atoms with van der Waals surface area (Å²) >= 11 is 7.78. The third-order valence-corrected chi connectivity index (χ3v) is 5.19. The molecule has 1 aliphatic heterocycles. The highest BCUT2D eigenvalue weighted by Gasteiger charge is 2.34. The van der Waals surface area contributed by atoms with Crippen LogP contribution in [0, 0.1) is 7.14 Å². The van der Waals surface area contributed by atoms with Gasteiger partial charge in [-0.1, -0.05) is 15.9 Å². The molecule has 9 heteroatoms. The number of rotatable bonds is 3. The smallest absolute Gasteiger partial charge is 0.355 e. The van der Waals surface area contributed by atoms with Gasteiger partial charge in [0.2, 0.25) is 0 Å². The van der Waals surface area contributed by atoms with Crippen molar-refractivity contribution in [2.24, 2.45) is 0 Å². The van der Waals surface area contributed by atoms with Gasteiger partial charge in [0.1, 0.15) is 12.4 Å². The van der Waals surface area contributed by atoms with Crippen LogP contribution in [0.4, 0.5) is 5.69 Å². The number of nitrogens with zero attached hydrogens (tertiary/aromatic N) is 1. The maximum Gasteiger partial charge on any atom is 0.355 e. The Morgan fingerprint density at radius 1 is 1.17 bits per heavy atom. The van der Waals surface area contributed by atoms with E-state index in [1.165, 1.54) is 14.2 Å². The molecule has 1 aliphatic rings. The number of carbonyl (C=O) groups is 2. The lowest BCUT2D eigenvalue weighted by Gasteiger charge is -2.32. The van der Waals surface area contributed by atoms with E-state index in [9.17, 15) is 9.59 Å². The first kappa shape index (κ1) is 18.9. The Morgan fingerprint density at radius 2 is 1.74 bits per heavy atom. The average molecular weight is 608 g/mol. The summed E-state index contributed by atoms with van der Waals surface area (Å²) in [4.78, 5) is 25.9. The van der Waals surface area contributed by atoms with Crippen LogP contribution in [0.15, 0.2) is 27.9 Å². The van der Waals surface area contributed by atoms with Crippen LogP contribution in [-0.2, 0) is 23.8 Å². The van der Waals surface area contributed by atoms with E-state index in [1.807, 2.05) is 12.1 Å². The molecule has 0 fully saturated rings. The molecule has 0 aromatic heterocycles. The molecule has 1 heterocycles. The van der Waals surface area contributed by atoms with E-state index in [1.54, 1.807) is 4.90 Å². The van der Waals surface area contributed by atoms with Gasteiger partial charge in [-0.25, -0.2) is 9.59 Å². The van der Waals surface area contributed by atoms with Crippen LogP contribution >= 0.6 is 61.1 Å². The second-order valence-electron chi connectivity index (χ2n) is 4.43. The quantitative estimate of drug-likeness (QED) is 0.389. The highest BCUT2D eigenvalue weighted by molar-refractivity contribution is 14.1. The lowest BCUT2D eigenvalue weighted by molar-refractivity contribution is -0.140. The van der Waals surface area contributed by atoms with Crippen molar-refractivity contribution in [1.29, 1.82) is 0 Å². The van der Waals surface area contributed by atoms with Gasteiger partial charge in [-0.3, -0.25) is 0 Å². The van der Waals surface area contributed by atoms with E-state index in [4.69, 9.17) is 14.2 Å². The SMILES string of the molecule is COC(=O)C1=C(C(=O)OC)N(c2c(I)cc(Br)cc2I)COC1. The topological polar surface area (TPSA) is 65.1 Å². The number of anilines is 1. The number of benzene rings is 1. The van der Waals surface area contributed by atoms with Crippen LogP contribution in [0.3, 0.4) is 0 Å². The van der Waals surface area contributed by atoms with Gasteiger partial charge in [-0.2, -0.15) is 0 Å². The molecular weight excluding hydrogens is 596 g/mol. The fraction of sp³-hybridized carbons (Fsp3) is 0.286. The molecule has 0 N–H and O–H groups in total. The molecule has 23 heavy (non-hydrogen) atoms. The predicted octanol–water partition coefficient (Wildman–Crippen LogP) is 3.05. The zero-order chi connectivity index (χ0) is 17.1. The fourth-order valence-corrected chi connectivity index (χ4v) is 5.78. The number of ether oxygens (including phenoxy) is 3. The van der Waals surface area contributed by atoms with Crippen molar-refractivity contribution in [3.8, 4) is 0 Å². The van der Waals surface area contributed by atoms with Crippen LogP contribution in [0.25, 0.3) is 0 Å².